The molecule has 0 aliphatic carbocycles. The highest BCUT2D eigenvalue weighted by Crippen LogP contribution is 2.12. The summed E-state index contributed by atoms with van der Waals surface area (Å²) in [7, 11) is 0. The highest BCUT2D eigenvalue weighted by atomic mass is 19.3. The van der Waals surface area contributed by atoms with Gasteiger partial charge in [-0.3, -0.25) is 4.79 Å². The lowest BCUT2D eigenvalue weighted by molar-refractivity contribution is -0.0172. The van der Waals surface area contributed by atoms with Gasteiger partial charge in [-0.25, -0.2) is 8.78 Å². The molecule has 1 unspecified atom stereocenters. The normalized spacial score (nSPS) is 20.0. The van der Waals surface area contributed by atoms with Gasteiger partial charge >= 0.3 is 0 Å². The third-order valence-electron chi connectivity index (χ3n) is 3.07. The van der Waals surface area contributed by atoms with E-state index in [1.165, 1.54) is 10.8 Å². The average Bonchev–Trinajstić information content (AvgIpc) is 2.85. The van der Waals surface area contributed by atoms with Gasteiger partial charge in [0.05, 0.1) is 19.3 Å². The van der Waals surface area contributed by atoms with E-state index >= 15 is 0 Å². The Hall–Kier alpha value is -1.47. The predicted octanol–water partition coefficient (Wildman–Crippen LogP) is 0.553. The molecular weight excluding hydrogens is 256 g/mol. The quantitative estimate of drug-likeness (QED) is 0.871. The van der Waals surface area contributed by atoms with Gasteiger partial charge in [0, 0.05) is 25.8 Å². The summed E-state index contributed by atoms with van der Waals surface area (Å²) in [5, 5.41) is 0. The fourth-order valence-corrected chi connectivity index (χ4v) is 2.12. The number of halogens is 2. The Balaban J connectivity index is 2.08. The van der Waals surface area contributed by atoms with Gasteiger partial charge in [0.2, 0.25) is 0 Å². The van der Waals surface area contributed by atoms with Crippen molar-refractivity contribution < 1.29 is 18.3 Å². The molecule has 2 rings (SSSR count). The summed E-state index contributed by atoms with van der Waals surface area (Å²) >= 11 is 0. The van der Waals surface area contributed by atoms with E-state index in [0.29, 0.717) is 26.2 Å². The molecule has 1 aromatic heterocycles. The Morgan fingerprint density at radius 1 is 1.58 bits per heavy atom. The maximum absolute atomic E-state index is 12.4. The first-order chi connectivity index (χ1) is 9.11. The van der Waals surface area contributed by atoms with E-state index in [1.54, 1.807) is 17.0 Å². The van der Waals surface area contributed by atoms with Crippen molar-refractivity contribution in [3.63, 3.8) is 0 Å². The van der Waals surface area contributed by atoms with E-state index in [1.807, 2.05) is 0 Å². The molecule has 0 radical (unpaired) electrons. The largest absolute Gasteiger partial charge is 0.373 e. The number of aromatic nitrogens is 1. The van der Waals surface area contributed by atoms with Gasteiger partial charge in [-0.2, -0.15) is 0 Å². The SMILES string of the molecule is NCC1CN(C(=O)c2cccn2CC(F)F)CCO1. The van der Waals surface area contributed by atoms with Gasteiger partial charge in [-0.05, 0) is 12.1 Å². The molecular formula is C12H17F2N3O2. The van der Waals surface area contributed by atoms with E-state index in [-0.39, 0.29) is 17.7 Å². The lowest BCUT2D eigenvalue weighted by Crippen LogP contribution is -2.48. The van der Waals surface area contributed by atoms with E-state index in [4.69, 9.17) is 10.5 Å². The highest BCUT2D eigenvalue weighted by Gasteiger charge is 2.26. The van der Waals surface area contributed by atoms with Crippen LogP contribution in [0, 0.1) is 0 Å². The van der Waals surface area contributed by atoms with Crippen LogP contribution in [0.2, 0.25) is 0 Å². The molecule has 5 nitrogen and oxygen atoms in total. The summed E-state index contributed by atoms with van der Waals surface area (Å²) in [6.07, 6.45) is -1.18. The van der Waals surface area contributed by atoms with Gasteiger partial charge in [-0.1, -0.05) is 0 Å². The van der Waals surface area contributed by atoms with Crippen molar-refractivity contribution in [1.82, 2.24) is 9.47 Å². The second-order valence-electron chi connectivity index (χ2n) is 4.42. The van der Waals surface area contributed by atoms with Crippen LogP contribution in [0.1, 0.15) is 10.5 Å². The van der Waals surface area contributed by atoms with Crippen molar-refractivity contribution >= 4 is 5.91 Å². The number of nitrogens with two attached hydrogens (primary N) is 1. The summed E-state index contributed by atoms with van der Waals surface area (Å²) in [4.78, 5) is 13.9. The predicted molar refractivity (Wildman–Crippen MR) is 65.1 cm³/mol. The van der Waals surface area contributed by atoms with Crippen LogP contribution in [0.4, 0.5) is 8.78 Å². The molecule has 1 aliphatic heterocycles. The fraction of sp³-hybridized carbons (Fsp3) is 0.583. The monoisotopic (exact) mass is 273 g/mol. The number of hydrogen-bond donors (Lipinski definition) is 1. The Kier molecular flexibility index (Phi) is 4.49. The fourth-order valence-electron chi connectivity index (χ4n) is 2.12. The smallest absolute Gasteiger partial charge is 0.270 e. The summed E-state index contributed by atoms with van der Waals surface area (Å²) in [6, 6.07) is 3.15. The van der Waals surface area contributed by atoms with E-state index in [2.05, 4.69) is 0 Å². The van der Waals surface area contributed by atoms with Crippen molar-refractivity contribution in [1.29, 1.82) is 0 Å². The average molecular weight is 273 g/mol. The van der Waals surface area contributed by atoms with Crippen LogP contribution in [0.3, 0.4) is 0 Å². The van der Waals surface area contributed by atoms with Crippen LogP contribution in [0.5, 0.6) is 0 Å². The number of carbonyl (C=O) groups excluding carboxylic acids is 1. The van der Waals surface area contributed by atoms with E-state index in [9.17, 15) is 13.6 Å². The van der Waals surface area contributed by atoms with E-state index < -0.39 is 13.0 Å². The molecule has 0 spiro atoms. The summed E-state index contributed by atoms with van der Waals surface area (Å²) in [5.74, 6) is -0.257. The van der Waals surface area contributed by atoms with Gasteiger partial charge in [0.25, 0.3) is 12.3 Å². The van der Waals surface area contributed by atoms with Crippen LogP contribution in [-0.2, 0) is 11.3 Å². The van der Waals surface area contributed by atoms with Crippen LogP contribution < -0.4 is 5.73 Å². The molecule has 106 valence electrons. The van der Waals surface area contributed by atoms with Crippen molar-refractivity contribution in [3.05, 3.63) is 24.0 Å². The van der Waals surface area contributed by atoms with Gasteiger partial charge in [0.15, 0.2) is 0 Å². The minimum atomic E-state index is -2.49. The minimum absolute atomic E-state index is 0.184. The molecule has 1 fully saturated rings. The summed E-state index contributed by atoms with van der Waals surface area (Å²) in [5.41, 5.74) is 5.79. The molecule has 0 bridgehead atoms. The molecule has 1 saturated heterocycles. The first kappa shape index (κ1) is 14.0. The van der Waals surface area contributed by atoms with Crippen LogP contribution in [0.15, 0.2) is 18.3 Å². The Morgan fingerprint density at radius 3 is 3.05 bits per heavy atom. The summed E-state index contributed by atoms with van der Waals surface area (Å²) in [6.45, 7) is 1.13. The second kappa shape index (κ2) is 6.12. The van der Waals surface area contributed by atoms with E-state index in [0.717, 1.165) is 0 Å². The first-order valence-corrected chi connectivity index (χ1v) is 6.16. The molecule has 1 aliphatic rings. The Bertz CT molecular complexity index is 436. The maximum atomic E-state index is 12.4. The standard InChI is InChI=1S/C12H17F2N3O2/c13-11(14)8-16-3-1-2-10(16)12(18)17-4-5-19-9(6-15)7-17/h1-3,9,11H,4-8,15H2. The zero-order chi connectivity index (χ0) is 13.8. The number of carbonyl (C=O) groups is 1. The third kappa shape index (κ3) is 3.30. The van der Waals surface area contributed by atoms with Gasteiger partial charge in [-0.15, -0.1) is 0 Å². The molecule has 1 atom stereocenters. The number of hydrogen-bond acceptors (Lipinski definition) is 3. The zero-order valence-corrected chi connectivity index (χ0v) is 10.5. The lowest BCUT2D eigenvalue weighted by atomic mass is 10.2. The molecule has 2 N–H and O–H groups in total. The number of alkyl halides is 2. The summed E-state index contributed by atoms with van der Waals surface area (Å²) < 4.78 is 31.5. The van der Waals surface area contributed by atoms with Crippen LogP contribution in [0.25, 0.3) is 0 Å². The molecule has 1 aromatic rings. The Labute approximate surface area is 109 Å². The third-order valence-corrected chi connectivity index (χ3v) is 3.07. The minimum Gasteiger partial charge on any atom is -0.373 e. The highest BCUT2D eigenvalue weighted by molar-refractivity contribution is 5.92. The molecule has 7 heteroatoms. The number of nitrogens with zero attached hydrogens (tertiary/aromatic N) is 2. The van der Waals surface area contributed by atoms with Crippen LogP contribution >= 0.6 is 0 Å². The van der Waals surface area contributed by atoms with Crippen molar-refractivity contribution in [3.8, 4) is 0 Å². The molecule has 1 amide bonds. The number of morpholine rings is 1. The maximum Gasteiger partial charge on any atom is 0.270 e. The van der Waals surface area contributed by atoms with Crippen molar-refractivity contribution in [2.75, 3.05) is 26.2 Å². The first-order valence-electron chi connectivity index (χ1n) is 6.16. The molecule has 0 saturated carbocycles. The molecule has 2 heterocycles. The zero-order valence-electron chi connectivity index (χ0n) is 10.5. The number of rotatable bonds is 4. The topological polar surface area (TPSA) is 60.5 Å². The van der Waals surface area contributed by atoms with Crippen molar-refractivity contribution in [2.45, 2.75) is 19.1 Å². The van der Waals surface area contributed by atoms with Crippen LogP contribution in [-0.4, -0.2) is 54.1 Å². The van der Waals surface area contributed by atoms with Gasteiger partial charge in [0.1, 0.15) is 5.69 Å². The molecule has 0 aromatic carbocycles. The number of amides is 1. The lowest BCUT2D eigenvalue weighted by Gasteiger charge is -2.32. The Morgan fingerprint density at radius 2 is 2.37 bits per heavy atom. The van der Waals surface area contributed by atoms with Gasteiger partial charge < -0.3 is 19.9 Å². The number of ether oxygens (including phenoxy) is 1. The van der Waals surface area contributed by atoms with Crippen molar-refractivity contribution in [2.24, 2.45) is 5.73 Å². The second-order valence-corrected chi connectivity index (χ2v) is 4.42. The molecule has 19 heavy (non-hydrogen) atoms.